The first kappa shape index (κ1) is 17.7. The van der Waals surface area contributed by atoms with E-state index in [0.29, 0.717) is 24.2 Å². The molecule has 1 aromatic rings. The molecule has 1 saturated heterocycles. The van der Waals surface area contributed by atoms with E-state index in [1.807, 2.05) is 13.8 Å². The molecule has 0 spiro atoms. The second-order valence-electron chi connectivity index (χ2n) is 6.92. The molecular formula is C18H24FN3O3. The number of carbonyl (C=O) groups is 2. The van der Waals surface area contributed by atoms with Crippen molar-refractivity contribution in [3.05, 3.63) is 29.6 Å². The molecule has 6 nitrogen and oxygen atoms in total. The Hall–Kier alpha value is -2.15. The van der Waals surface area contributed by atoms with Crippen molar-refractivity contribution in [3.8, 4) is 0 Å². The van der Waals surface area contributed by atoms with Gasteiger partial charge in [-0.1, -0.05) is 26.3 Å². The molecule has 1 fully saturated rings. The zero-order valence-corrected chi connectivity index (χ0v) is 14.5. The number of halogens is 1. The summed E-state index contributed by atoms with van der Waals surface area (Å²) in [5, 5.41) is 12.5. The molecule has 2 aliphatic heterocycles. The van der Waals surface area contributed by atoms with Gasteiger partial charge >= 0.3 is 6.03 Å². The standard InChI is InChI=1S/C18H24FN3O3/c1-3-11(2)16-17(24)20-15-8-13(19)5-4-12(15)9-22(16)18(25)21-7-6-14(23)10-21/h4-5,8,11,14,16,23H,3,6-7,9-10H2,1-2H3,(H,20,24)/t11-,14-,16-/m0/s1. The Balaban J connectivity index is 1.96. The van der Waals surface area contributed by atoms with Crippen LogP contribution in [0.2, 0.25) is 0 Å². The Morgan fingerprint density at radius 1 is 1.48 bits per heavy atom. The summed E-state index contributed by atoms with van der Waals surface area (Å²) in [6.45, 7) is 4.88. The van der Waals surface area contributed by atoms with E-state index in [0.717, 1.165) is 6.42 Å². The number of urea groups is 1. The molecule has 136 valence electrons. The fourth-order valence-electron chi connectivity index (χ4n) is 3.51. The third-order valence-electron chi connectivity index (χ3n) is 5.14. The highest BCUT2D eigenvalue weighted by atomic mass is 19.1. The normalized spacial score (nSPS) is 24.6. The summed E-state index contributed by atoms with van der Waals surface area (Å²) in [5.74, 6) is -0.774. The summed E-state index contributed by atoms with van der Waals surface area (Å²) >= 11 is 0. The molecule has 2 aliphatic rings. The van der Waals surface area contributed by atoms with Gasteiger partial charge < -0.3 is 20.2 Å². The van der Waals surface area contributed by atoms with Crippen molar-refractivity contribution in [1.29, 1.82) is 0 Å². The van der Waals surface area contributed by atoms with Gasteiger partial charge in [0.25, 0.3) is 0 Å². The summed E-state index contributed by atoms with van der Waals surface area (Å²) in [4.78, 5) is 29.0. The molecular weight excluding hydrogens is 325 g/mol. The number of anilines is 1. The molecule has 3 amide bonds. The topological polar surface area (TPSA) is 72.9 Å². The van der Waals surface area contributed by atoms with Crippen molar-refractivity contribution < 1.29 is 19.1 Å². The largest absolute Gasteiger partial charge is 0.391 e. The van der Waals surface area contributed by atoms with Crippen LogP contribution in [0, 0.1) is 11.7 Å². The number of hydrogen-bond acceptors (Lipinski definition) is 3. The monoisotopic (exact) mass is 349 g/mol. The van der Waals surface area contributed by atoms with E-state index in [1.54, 1.807) is 15.9 Å². The third-order valence-corrected chi connectivity index (χ3v) is 5.14. The van der Waals surface area contributed by atoms with Gasteiger partial charge in [-0.15, -0.1) is 0 Å². The van der Waals surface area contributed by atoms with Crippen molar-refractivity contribution in [2.24, 2.45) is 5.92 Å². The predicted octanol–water partition coefficient (Wildman–Crippen LogP) is 2.18. The number of fused-ring (bicyclic) bond motifs is 1. The van der Waals surface area contributed by atoms with Crippen molar-refractivity contribution in [2.45, 2.75) is 45.4 Å². The second kappa shape index (κ2) is 7.00. The number of rotatable bonds is 2. The van der Waals surface area contributed by atoms with Gasteiger partial charge in [0.15, 0.2) is 0 Å². The van der Waals surface area contributed by atoms with Crippen LogP contribution >= 0.6 is 0 Å². The molecule has 0 bridgehead atoms. The van der Waals surface area contributed by atoms with Crippen molar-refractivity contribution in [2.75, 3.05) is 18.4 Å². The SMILES string of the molecule is CC[C@H](C)[C@H]1C(=O)Nc2cc(F)ccc2CN1C(=O)N1CC[C@H](O)C1. The minimum atomic E-state index is -0.634. The molecule has 1 aromatic carbocycles. The summed E-state index contributed by atoms with van der Waals surface area (Å²) in [6, 6.07) is 3.33. The quantitative estimate of drug-likeness (QED) is 0.860. The van der Waals surface area contributed by atoms with E-state index in [2.05, 4.69) is 5.32 Å². The lowest BCUT2D eigenvalue weighted by molar-refractivity contribution is -0.122. The highest BCUT2D eigenvalue weighted by Gasteiger charge is 2.39. The van der Waals surface area contributed by atoms with Gasteiger partial charge in [0.1, 0.15) is 11.9 Å². The first-order chi connectivity index (χ1) is 11.9. The van der Waals surface area contributed by atoms with Crippen LogP contribution in [0.5, 0.6) is 0 Å². The molecule has 7 heteroatoms. The van der Waals surface area contributed by atoms with E-state index >= 15 is 0 Å². The van der Waals surface area contributed by atoms with Crippen molar-refractivity contribution >= 4 is 17.6 Å². The van der Waals surface area contributed by atoms with Crippen molar-refractivity contribution in [1.82, 2.24) is 9.80 Å². The van der Waals surface area contributed by atoms with Crippen molar-refractivity contribution in [3.63, 3.8) is 0 Å². The molecule has 2 heterocycles. The number of hydrogen-bond donors (Lipinski definition) is 2. The van der Waals surface area contributed by atoms with Gasteiger partial charge in [0.2, 0.25) is 5.91 Å². The number of benzene rings is 1. The molecule has 3 atom stereocenters. The lowest BCUT2D eigenvalue weighted by atomic mass is 9.97. The maximum absolute atomic E-state index is 13.6. The average molecular weight is 349 g/mol. The Morgan fingerprint density at radius 3 is 2.88 bits per heavy atom. The first-order valence-corrected chi connectivity index (χ1v) is 8.73. The number of amides is 3. The highest BCUT2D eigenvalue weighted by molar-refractivity contribution is 5.98. The predicted molar refractivity (Wildman–Crippen MR) is 91.4 cm³/mol. The minimum Gasteiger partial charge on any atom is -0.391 e. The molecule has 25 heavy (non-hydrogen) atoms. The number of β-amino-alcohol motifs (C(OH)–C–C–N with tert-alkyl or cyclic N) is 1. The van der Waals surface area contributed by atoms with E-state index in [1.165, 1.54) is 12.1 Å². The molecule has 2 N–H and O–H groups in total. The van der Waals surface area contributed by atoms with E-state index < -0.39 is 18.0 Å². The molecule has 0 radical (unpaired) electrons. The van der Waals surface area contributed by atoms with E-state index in [9.17, 15) is 19.1 Å². The fourth-order valence-corrected chi connectivity index (χ4v) is 3.51. The Morgan fingerprint density at radius 2 is 2.24 bits per heavy atom. The third kappa shape index (κ3) is 3.46. The van der Waals surface area contributed by atoms with Crippen LogP contribution in [0.15, 0.2) is 18.2 Å². The Kier molecular flexibility index (Phi) is 4.94. The molecule has 0 saturated carbocycles. The van der Waals surface area contributed by atoms with Crippen LogP contribution in [0.4, 0.5) is 14.9 Å². The first-order valence-electron chi connectivity index (χ1n) is 8.73. The van der Waals surface area contributed by atoms with Crippen LogP contribution in [0.3, 0.4) is 0 Å². The molecule has 3 rings (SSSR count). The van der Waals surface area contributed by atoms with Gasteiger partial charge in [-0.25, -0.2) is 9.18 Å². The van der Waals surface area contributed by atoms with Crippen LogP contribution in [0.25, 0.3) is 0 Å². The van der Waals surface area contributed by atoms with E-state index in [-0.39, 0.29) is 30.9 Å². The van der Waals surface area contributed by atoms with Crippen LogP contribution < -0.4 is 5.32 Å². The Bertz CT molecular complexity index is 682. The van der Waals surface area contributed by atoms with Gasteiger partial charge in [-0.3, -0.25) is 4.79 Å². The number of nitrogens with zero attached hydrogens (tertiary/aromatic N) is 2. The molecule has 0 aromatic heterocycles. The van der Waals surface area contributed by atoms with Crippen LogP contribution in [-0.4, -0.2) is 52.1 Å². The Labute approximate surface area is 146 Å². The summed E-state index contributed by atoms with van der Waals surface area (Å²) < 4.78 is 13.6. The van der Waals surface area contributed by atoms with Crippen LogP contribution in [0.1, 0.15) is 32.3 Å². The average Bonchev–Trinajstić information content (AvgIpc) is 2.95. The van der Waals surface area contributed by atoms with E-state index in [4.69, 9.17) is 0 Å². The number of carbonyl (C=O) groups excluding carboxylic acids is 2. The summed E-state index contributed by atoms with van der Waals surface area (Å²) in [6.07, 6.45) is 0.754. The smallest absolute Gasteiger partial charge is 0.321 e. The minimum absolute atomic E-state index is 0.0457. The number of aliphatic hydroxyl groups is 1. The van der Waals surface area contributed by atoms with Gasteiger partial charge in [-0.2, -0.15) is 0 Å². The zero-order valence-electron chi connectivity index (χ0n) is 14.5. The molecule has 0 aliphatic carbocycles. The van der Waals surface area contributed by atoms with Gasteiger partial charge in [0.05, 0.1) is 12.6 Å². The molecule has 0 unspecified atom stereocenters. The van der Waals surface area contributed by atoms with Gasteiger partial charge in [0, 0.05) is 18.8 Å². The second-order valence-corrected chi connectivity index (χ2v) is 6.92. The summed E-state index contributed by atoms with van der Waals surface area (Å²) in [5.41, 5.74) is 1.11. The number of likely N-dealkylation sites (tertiary alicyclic amines) is 1. The lowest BCUT2D eigenvalue weighted by Crippen LogP contribution is -2.53. The summed E-state index contributed by atoms with van der Waals surface area (Å²) in [7, 11) is 0. The van der Waals surface area contributed by atoms with Gasteiger partial charge in [-0.05, 0) is 30.0 Å². The number of nitrogens with one attached hydrogen (secondary N) is 1. The highest BCUT2D eigenvalue weighted by Crippen LogP contribution is 2.29. The number of aliphatic hydroxyl groups excluding tert-OH is 1. The fraction of sp³-hybridized carbons (Fsp3) is 0.556. The maximum Gasteiger partial charge on any atom is 0.321 e. The van der Waals surface area contributed by atoms with Crippen LogP contribution in [-0.2, 0) is 11.3 Å². The lowest BCUT2D eigenvalue weighted by Gasteiger charge is -2.35. The zero-order chi connectivity index (χ0) is 18.1. The maximum atomic E-state index is 13.6.